The molecule has 1 aromatic carbocycles. The van der Waals surface area contributed by atoms with Crippen LogP contribution in [0.25, 0.3) is 11.2 Å². The van der Waals surface area contributed by atoms with Gasteiger partial charge in [0.1, 0.15) is 18.5 Å². The number of aromatic amines is 1. The third-order valence-electron chi connectivity index (χ3n) is 5.27. The van der Waals surface area contributed by atoms with Crippen molar-refractivity contribution in [3.8, 4) is 5.75 Å². The van der Waals surface area contributed by atoms with Gasteiger partial charge in [0, 0.05) is 32.5 Å². The molecule has 0 saturated carbocycles. The molecule has 3 N–H and O–H groups in total. The van der Waals surface area contributed by atoms with E-state index < -0.39 is 17.4 Å². The second kappa shape index (κ2) is 9.74. The first kappa shape index (κ1) is 22.3. The van der Waals surface area contributed by atoms with E-state index in [2.05, 4.69) is 20.3 Å². The van der Waals surface area contributed by atoms with E-state index in [1.54, 1.807) is 17.1 Å². The number of anilines is 1. The quantitative estimate of drug-likeness (QED) is 0.304. The molecule has 1 atom stereocenters. The number of nitrogens with one attached hydrogen (secondary N) is 2. The van der Waals surface area contributed by atoms with Gasteiger partial charge in [-0.3, -0.25) is 14.3 Å². The number of ether oxygens (including phenoxy) is 1. The summed E-state index contributed by atoms with van der Waals surface area (Å²) in [5, 5.41) is 13.9. The Morgan fingerprint density at radius 3 is 2.91 bits per heavy atom. The van der Waals surface area contributed by atoms with E-state index in [4.69, 9.17) is 4.74 Å². The molecule has 4 rings (SSSR count). The van der Waals surface area contributed by atoms with Gasteiger partial charge in [-0.25, -0.2) is 9.78 Å². The average Bonchev–Trinajstić information content (AvgIpc) is 3.42. The van der Waals surface area contributed by atoms with Crippen molar-refractivity contribution in [2.75, 3.05) is 18.5 Å². The van der Waals surface area contributed by atoms with Gasteiger partial charge in [0.25, 0.3) is 5.56 Å². The number of rotatable bonds is 10. The second-order valence-electron chi connectivity index (χ2n) is 7.90. The summed E-state index contributed by atoms with van der Waals surface area (Å²) in [4.78, 5) is 35.4. The molecule has 0 aliphatic carbocycles. The predicted molar refractivity (Wildman–Crippen MR) is 124 cm³/mol. The van der Waals surface area contributed by atoms with Crippen molar-refractivity contribution in [3.05, 3.63) is 69.4 Å². The maximum atomic E-state index is 12.6. The Balaban J connectivity index is 1.53. The fourth-order valence-electron chi connectivity index (χ4n) is 3.59. The number of aryl methyl sites for hydroxylation is 3. The molecule has 0 saturated heterocycles. The van der Waals surface area contributed by atoms with Gasteiger partial charge in [0.05, 0.1) is 12.9 Å². The van der Waals surface area contributed by atoms with E-state index in [0.29, 0.717) is 18.2 Å². The van der Waals surface area contributed by atoms with Crippen molar-refractivity contribution in [1.29, 1.82) is 0 Å². The lowest BCUT2D eigenvalue weighted by atomic mass is 10.2. The Bertz CT molecular complexity index is 1340. The molecule has 174 valence electrons. The zero-order chi connectivity index (χ0) is 23.4. The maximum Gasteiger partial charge on any atom is 0.329 e. The zero-order valence-electron chi connectivity index (χ0n) is 18.6. The van der Waals surface area contributed by atoms with Crippen LogP contribution in [0.3, 0.4) is 0 Å². The van der Waals surface area contributed by atoms with Crippen molar-refractivity contribution in [3.63, 3.8) is 0 Å². The number of hydrogen-bond donors (Lipinski definition) is 3. The number of imidazole rings is 2. The van der Waals surface area contributed by atoms with Crippen LogP contribution in [0.15, 0.2) is 52.6 Å². The molecule has 1 unspecified atom stereocenters. The van der Waals surface area contributed by atoms with Crippen LogP contribution in [0, 0.1) is 6.92 Å². The highest BCUT2D eigenvalue weighted by Gasteiger charge is 2.19. The van der Waals surface area contributed by atoms with Crippen LogP contribution in [0.2, 0.25) is 0 Å². The molecule has 0 aliphatic heterocycles. The average molecular weight is 454 g/mol. The first-order valence-electron chi connectivity index (χ1n) is 10.7. The summed E-state index contributed by atoms with van der Waals surface area (Å²) in [6.07, 6.45) is 5.23. The van der Waals surface area contributed by atoms with Crippen LogP contribution in [-0.2, 0) is 20.1 Å². The van der Waals surface area contributed by atoms with E-state index in [-0.39, 0.29) is 24.3 Å². The number of benzene rings is 1. The molecule has 11 heteroatoms. The van der Waals surface area contributed by atoms with Crippen molar-refractivity contribution in [1.82, 2.24) is 28.7 Å². The molecule has 33 heavy (non-hydrogen) atoms. The Kier molecular flexibility index (Phi) is 6.59. The highest BCUT2D eigenvalue weighted by atomic mass is 16.5. The number of aliphatic hydroxyl groups is 1. The van der Waals surface area contributed by atoms with Crippen molar-refractivity contribution >= 4 is 17.1 Å². The molecule has 0 amide bonds. The lowest BCUT2D eigenvalue weighted by Gasteiger charge is -2.16. The summed E-state index contributed by atoms with van der Waals surface area (Å²) in [7, 11) is 1.54. The van der Waals surface area contributed by atoms with Gasteiger partial charge in [-0.2, -0.15) is 4.98 Å². The van der Waals surface area contributed by atoms with E-state index >= 15 is 0 Å². The number of H-pyrrole nitrogens is 1. The third-order valence-corrected chi connectivity index (χ3v) is 5.27. The van der Waals surface area contributed by atoms with Gasteiger partial charge in [0.2, 0.25) is 5.95 Å². The summed E-state index contributed by atoms with van der Waals surface area (Å²) < 4.78 is 10.5. The molecular weight excluding hydrogens is 426 g/mol. The number of nitrogens with zero attached hydrogens (tertiary/aromatic N) is 5. The van der Waals surface area contributed by atoms with Crippen LogP contribution < -0.4 is 21.3 Å². The Morgan fingerprint density at radius 1 is 1.30 bits per heavy atom. The largest absolute Gasteiger partial charge is 0.491 e. The zero-order valence-corrected chi connectivity index (χ0v) is 18.6. The van der Waals surface area contributed by atoms with Gasteiger partial charge in [-0.15, -0.1) is 0 Å². The number of fused-ring (bicyclic) bond motifs is 1. The molecule has 4 aromatic rings. The van der Waals surface area contributed by atoms with Gasteiger partial charge in [-0.05, 0) is 31.0 Å². The summed E-state index contributed by atoms with van der Waals surface area (Å²) in [5.41, 5.74) is 0.403. The van der Waals surface area contributed by atoms with Crippen molar-refractivity contribution < 1.29 is 9.84 Å². The molecule has 0 spiro atoms. The Morgan fingerprint density at radius 2 is 2.15 bits per heavy atom. The molecule has 0 bridgehead atoms. The first-order chi connectivity index (χ1) is 15.9. The van der Waals surface area contributed by atoms with Crippen LogP contribution >= 0.6 is 0 Å². The molecular formula is C22H27N7O4. The van der Waals surface area contributed by atoms with Crippen molar-refractivity contribution in [2.24, 2.45) is 7.05 Å². The third kappa shape index (κ3) is 5.14. The van der Waals surface area contributed by atoms with Gasteiger partial charge < -0.3 is 24.3 Å². The molecule has 0 radical (unpaired) electrons. The summed E-state index contributed by atoms with van der Waals surface area (Å²) in [5.74, 6) is 1.06. The topological polar surface area (TPSA) is 132 Å². The maximum absolute atomic E-state index is 12.6. The summed E-state index contributed by atoms with van der Waals surface area (Å²) in [6.45, 7) is 3.39. The highest BCUT2D eigenvalue weighted by molar-refractivity contribution is 5.74. The van der Waals surface area contributed by atoms with E-state index in [0.717, 1.165) is 18.5 Å². The number of aliphatic hydroxyl groups excluding tert-OH is 1. The van der Waals surface area contributed by atoms with E-state index in [9.17, 15) is 14.7 Å². The molecule has 3 heterocycles. The van der Waals surface area contributed by atoms with Crippen LogP contribution in [-0.4, -0.2) is 53.0 Å². The van der Waals surface area contributed by atoms with Crippen LogP contribution in [0.1, 0.15) is 12.0 Å². The Hall–Kier alpha value is -3.86. The fraction of sp³-hybridized carbons (Fsp3) is 0.364. The van der Waals surface area contributed by atoms with Crippen LogP contribution in [0.5, 0.6) is 5.75 Å². The minimum Gasteiger partial charge on any atom is -0.491 e. The van der Waals surface area contributed by atoms with Gasteiger partial charge in [0.15, 0.2) is 11.2 Å². The minimum atomic E-state index is -0.911. The molecule has 0 aliphatic rings. The number of hydrogen-bond acceptors (Lipinski definition) is 7. The highest BCUT2D eigenvalue weighted by Crippen LogP contribution is 2.17. The lowest BCUT2D eigenvalue weighted by Crippen LogP contribution is -2.31. The van der Waals surface area contributed by atoms with E-state index in [1.807, 2.05) is 42.0 Å². The SMILES string of the molecule is Cc1cccc(OCC(O)Cn2c(NCCCn3ccnc3)nc3c2c(=O)[nH]c(=O)n3C)c1. The molecule has 3 aromatic heterocycles. The fourth-order valence-corrected chi connectivity index (χ4v) is 3.59. The predicted octanol–water partition coefficient (Wildman–Crippen LogP) is 0.870. The summed E-state index contributed by atoms with van der Waals surface area (Å²) >= 11 is 0. The van der Waals surface area contributed by atoms with Gasteiger partial charge in [-0.1, -0.05) is 12.1 Å². The standard InChI is InChI=1S/C22H27N7O4/c1-15-5-3-6-17(11-15)33-13-16(30)12-29-18-19(27(2)22(32)26-20(18)31)25-21(29)24-7-4-9-28-10-8-23-14-28/h3,5-6,8,10-11,14,16,30H,4,7,9,12-13H2,1-2H3,(H,24,25)(H,26,31,32). The van der Waals surface area contributed by atoms with Crippen LogP contribution in [0.4, 0.5) is 5.95 Å². The normalized spacial score (nSPS) is 12.2. The first-order valence-corrected chi connectivity index (χ1v) is 10.7. The van der Waals surface area contributed by atoms with Gasteiger partial charge >= 0.3 is 5.69 Å². The lowest BCUT2D eigenvalue weighted by molar-refractivity contribution is 0.0938. The smallest absolute Gasteiger partial charge is 0.329 e. The molecule has 0 fully saturated rings. The summed E-state index contributed by atoms with van der Waals surface area (Å²) in [6, 6.07) is 7.54. The second-order valence-corrected chi connectivity index (χ2v) is 7.90. The number of aromatic nitrogens is 6. The monoisotopic (exact) mass is 453 g/mol. The minimum absolute atomic E-state index is 0.0346. The molecule has 11 nitrogen and oxygen atoms in total. The van der Waals surface area contributed by atoms with E-state index in [1.165, 1.54) is 11.6 Å². The van der Waals surface area contributed by atoms with Crippen molar-refractivity contribution in [2.45, 2.75) is 32.5 Å². The Labute approximate surface area is 189 Å².